The molecule has 170 valence electrons. The lowest BCUT2D eigenvalue weighted by molar-refractivity contribution is 0.0973. The van der Waals surface area contributed by atoms with Crippen LogP contribution in [0.1, 0.15) is 28.8 Å². The number of ketones is 1. The molecule has 2 N–H and O–H groups in total. The van der Waals surface area contributed by atoms with E-state index in [0.717, 1.165) is 18.4 Å². The van der Waals surface area contributed by atoms with Crippen LogP contribution in [0.25, 0.3) is 0 Å². The van der Waals surface area contributed by atoms with Gasteiger partial charge < -0.3 is 24.8 Å². The first-order valence-corrected chi connectivity index (χ1v) is 10.3. The summed E-state index contributed by atoms with van der Waals surface area (Å²) in [5.41, 5.74) is 2.78. The van der Waals surface area contributed by atoms with Crippen LogP contribution in [0, 0.1) is 4.91 Å². The Morgan fingerprint density at radius 3 is 2.42 bits per heavy atom. The van der Waals surface area contributed by atoms with E-state index in [-0.39, 0.29) is 23.2 Å². The minimum Gasteiger partial charge on any atom is -0.493 e. The molecule has 1 aliphatic rings. The Bertz CT molecular complexity index is 1190. The highest BCUT2D eigenvalue weighted by Crippen LogP contribution is 2.40. The standard InChI is InChI=1S/C23H23N5O5/c1-31-18-10-14(11-19(32-2)21(18)33-3)25-23-24-12-16(28-30)22(27-23)26-15-8-4-6-13-7-5-9-17(29)20(13)15/h4,6,8,10-12H,5,7,9H2,1-3H3,(H2,24,25,26,27). The number of methoxy groups -OCH3 is 3. The van der Waals surface area contributed by atoms with Gasteiger partial charge in [-0.25, -0.2) is 4.98 Å². The van der Waals surface area contributed by atoms with Gasteiger partial charge in [-0.15, -0.1) is 4.91 Å². The SMILES string of the molecule is COc1cc(Nc2ncc(N=O)c(Nc3cccc4c3C(=O)CCC4)n2)cc(OC)c1OC. The fraction of sp³-hybridized carbons (Fsp3) is 0.261. The molecule has 1 aromatic heterocycles. The van der Waals surface area contributed by atoms with Crippen molar-refractivity contribution in [3.8, 4) is 17.2 Å². The number of aromatic nitrogens is 2. The molecule has 33 heavy (non-hydrogen) atoms. The molecule has 0 radical (unpaired) electrons. The number of nitrogens with zero attached hydrogens (tertiary/aromatic N) is 3. The summed E-state index contributed by atoms with van der Waals surface area (Å²) in [6.07, 6.45) is 3.45. The Morgan fingerprint density at radius 1 is 1.00 bits per heavy atom. The third-order valence-electron chi connectivity index (χ3n) is 5.32. The number of carbonyl (C=O) groups excluding carboxylic acids is 1. The smallest absolute Gasteiger partial charge is 0.229 e. The van der Waals surface area contributed by atoms with E-state index in [1.54, 1.807) is 18.2 Å². The van der Waals surface area contributed by atoms with Crippen molar-refractivity contribution in [3.63, 3.8) is 0 Å². The minimum absolute atomic E-state index is 0.0197. The Hall–Kier alpha value is -4.21. The molecule has 0 aliphatic heterocycles. The molecule has 0 fully saturated rings. The fourth-order valence-corrected chi connectivity index (χ4v) is 3.81. The molecule has 10 nitrogen and oxygen atoms in total. The Morgan fingerprint density at radius 2 is 1.76 bits per heavy atom. The zero-order chi connectivity index (χ0) is 23.4. The van der Waals surface area contributed by atoms with Gasteiger partial charge in [0.25, 0.3) is 0 Å². The van der Waals surface area contributed by atoms with Crippen LogP contribution in [-0.2, 0) is 6.42 Å². The van der Waals surface area contributed by atoms with Crippen LogP contribution in [0.4, 0.5) is 28.8 Å². The van der Waals surface area contributed by atoms with E-state index < -0.39 is 0 Å². The van der Waals surface area contributed by atoms with E-state index in [9.17, 15) is 9.70 Å². The molecular weight excluding hydrogens is 426 g/mol. The van der Waals surface area contributed by atoms with Crippen LogP contribution < -0.4 is 24.8 Å². The maximum absolute atomic E-state index is 12.5. The van der Waals surface area contributed by atoms with Crippen molar-refractivity contribution in [2.45, 2.75) is 19.3 Å². The number of anilines is 4. The maximum Gasteiger partial charge on any atom is 0.229 e. The van der Waals surface area contributed by atoms with Crippen molar-refractivity contribution in [1.82, 2.24) is 9.97 Å². The monoisotopic (exact) mass is 449 g/mol. The topological polar surface area (TPSA) is 124 Å². The molecular formula is C23H23N5O5. The highest BCUT2D eigenvalue weighted by molar-refractivity contribution is 6.04. The minimum atomic E-state index is 0.0197. The largest absolute Gasteiger partial charge is 0.493 e. The van der Waals surface area contributed by atoms with Crippen LogP contribution in [0.2, 0.25) is 0 Å². The van der Waals surface area contributed by atoms with Crippen LogP contribution in [0.5, 0.6) is 17.2 Å². The second-order valence-corrected chi connectivity index (χ2v) is 7.30. The van der Waals surface area contributed by atoms with Gasteiger partial charge >= 0.3 is 0 Å². The molecule has 10 heteroatoms. The van der Waals surface area contributed by atoms with Crippen LogP contribution in [0.3, 0.4) is 0 Å². The van der Waals surface area contributed by atoms with Crippen molar-refractivity contribution in [3.05, 3.63) is 52.6 Å². The van der Waals surface area contributed by atoms with Crippen molar-refractivity contribution in [2.24, 2.45) is 5.18 Å². The summed E-state index contributed by atoms with van der Waals surface area (Å²) < 4.78 is 16.1. The molecule has 1 aliphatic carbocycles. The highest BCUT2D eigenvalue weighted by Gasteiger charge is 2.22. The summed E-state index contributed by atoms with van der Waals surface area (Å²) in [7, 11) is 4.56. The lowest BCUT2D eigenvalue weighted by atomic mass is 9.89. The predicted octanol–water partition coefficient (Wildman–Crippen LogP) is 4.91. The van der Waals surface area contributed by atoms with Gasteiger partial charge in [0.05, 0.1) is 33.2 Å². The van der Waals surface area contributed by atoms with Gasteiger partial charge in [0.2, 0.25) is 11.7 Å². The van der Waals surface area contributed by atoms with Crippen LogP contribution in [0.15, 0.2) is 41.7 Å². The lowest BCUT2D eigenvalue weighted by Crippen LogP contribution is -2.13. The average molecular weight is 449 g/mol. The van der Waals surface area contributed by atoms with Gasteiger partial charge in [0.1, 0.15) is 0 Å². The number of Topliss-reactive ketones (excluding diaryl/α,β-unsaturated/α-hetero) is 1. The predicted molar refractivity (Wildman–Crippen MR) is 124 cm³/mol. The number of ether oxygens (including phenoxy) is 3. The second kappa shape index (κ2) is 9.51. The van der Waals surface area contributed by atoms with E-state index in [4.69, 9.17) is 14.2 Å². The number of rotatable bonds is 8. The zero-order valence-corrected chi connectivity index (χ0v) is 18.5. The molecule has 0 saturated carbocycles. The fourth-order valence-electron chi connectivity index (χ4n) is 3.81. The summed E-state index contributed by atoms with van der Waals surface area (Å²) in [6.45, 7) is 0. The number of nitroso groups, excluding NO2 is 1. The van der Waals surface area contributed by atoms with E-state index in [2.05, 4.69) is 25.8 Å². The number of nitrogens with one attached hydrogen (secondary N) is 2. The van der Waals surface area contributed by atoms with Crippen LogP contribution in [-0.4, -0.2) is 37.1 Å². The van der Waals surface area contributed by atoms with E-state index in [1.807, 2.05) is 12.1 Å². The molecule has 4 rings (SSSR count). The summed E-state index contributed by atoms with van der Waals surface area (Å²) in [4.78, 5) is 32.5. The Kier molecular flexibility index (Phi) is 6.34. The van der Waals surface area contributed by atoms with Gasteiger partial charge in [0.15, 0.2) is 28.8 Å². The number of hydrogen-bond acceptors (Lipinski definition) is 10. The average Bonchev–Trinajstić information content (AvgIpc) is 2.83. The van der Waals surface area contributed by atoms with Crippen molar-refractivity contribution in [2.75, 3.05) is 32.0 Å². The van der Waals surface area contributed by atoms with E-state index >= 15 is 0 Å². The van der Waals surface area contributed by atoms with Gasteiger partial charge in [-0.05, 0) is 29.6 Å². The first-order chi connectivity index (χ1) is 16.1. The summed E-state index contributed by atoms with van der Waals surface area (Å²) in [6, 6.07) is 8.99. The number of aryl methyl sites for hydroxylation is 1. The Balaban J connectivity index is 1.68. The van der Waals surface area contributed by atoms with Gasteiger partial charge in [-0.3, -0.25) is 4.79 Å². The molecule has 0 saturated heterocycles. The first kappa shape index (κ1) is 22.0. The molecule has 0 amide bonds. The van der Waals surface area contributed by atoms with Crippen molar-refractivity contribution in [1.29, 1.82) is 0 Å². The number of carbonyl (C=O) groups is 1. The van der Waals surface area contributed by atoms with E-state index in [0.29, 0.717) is 40.6 Å². The molecule has 0 atom stereocenters. The molecule has 1 heterocycles. The normalized spacial score (nSPS) is 12.5. The Labute approximate surface area is 190 Å². The zero-order valence-electron chi connectivity index (χ0n) is 18.5. The van der Waals surface area contributed by atoms with Gasteiger partial charge in [0, 0.05) is 29.8 Å². The second-order valence-electron chi connectivity index (χ2n) is 7.30. The van der Waals surface area contributed by atoms with Gasteiger partial charge in [-0.1, -0.05) is 12.1 Å². The lowest BCUT2D eigenvalue weighted by Gasteiger charge is -2.19. The summed E-state index contributed by atoms with van der Waals surface area (Å²) in [5, 5.41) is 9.18. The van der Waals surface area contributed by atoms with Gasteiger partial charge in [-0.2, -0.15) is 4.98 Å². The quantitative estimate of drug-likeness (QED) is 0.462. The molecule has 0 bridgehead atoms. The number of fused-ring (bicyclic) bond motifs is 1. The number of benzene rings is 2. The first-order valence-electron chi connectivity index (χ1n) is 10.3. The third kappa shape index (κ3) is 4.40. The molecule has 3 aromatic rings. The maximum atomic E-state index is 12.5. The molecule has 0 unspecified atom stereocenters. The summed E-state index contributed by atoms with van der Waals surface area (Å²) >= 11 is 0. The van der Waals surface area contributed by atoms with Crippen molar-refractivity contribution >= 4 is 34.6 Å². The number of hydrogen-bond donors (Lipinski definition) is 2. The summed E-state index contributed by atoms with van der Waals surface area (Å²) in [5.74, 6) is 1.81. The highest BCUT2D eigenvalue weighted by atomic mass is 16.5. The van der Waals surface area contributed by atoms with Crippen molar-refractivity contribution < 1.29 is 19.0 Å². The van der Waals surface area contributed by atoms with E-state index in [1.165, 1.54) is 27.5 Å². The third-order valence-corrected chi connectivity index (χ3v) is 5.32. The molecule has 0 spiro atoms. The molecule has 2 aromatic carbocycles. The van der Waals surface area contributed by atoms with Crippen LogP contribution >= 0.6 is 0 Å².